The van der Waals surface area contributed by atoms with Gasteiger partial charge in [-0.2, -0.15) is 0 Å². The van der Waals surface area contributed by atoms with Gasteiger partial charge in [0.1, 0.15) is 11.9 Å². The first kappa shape index (κ1) is 12.5. The molecule has 0 unspecified atom stereocenters. The molecular formula is C9H12Cl2O2. The van der Waals surface area contributed by atoms with Crippen LogP contribution in [0.25, 0.3) is 0 Å². The number of hydrogen-bond acceptors (Lipinski definition) is 2. The average Bonchev–Trinajstić information content (AvgIpc) is 2.04. The fourth-order valence-electron chi connectivity index (χ4n) is 0.674. The summed E-state index contributed by atoms with van der Waals surface area (Å²) in [5.41, 5.74) is 1.98. The minimum Gasteiger partial charge on any atom is -0.344 e. The van der Waals surface area contributed by atoms with Crippen molar-refractivity contribution in [3.05, 3.63) is 23.3 Å². The Bertz CT molecular complexity index is 242. The van der Waals surface area contributed by atoms with Crippen molar-refractivity contribution in [1.29, 1.82) is 0 Å². The van der Waals surface area contributed by atoms with E-state index in [0.717, 1.165) is 5.57 Å². The van der Waals surface area contributed by atoms with Gasteiger partial charge in [-0.05, 0) is 6.92 Å². The summed E-state index contributed by atoms with van der Waals surface area (Å²) in [6, 6.07) is 0. The normalized spacial score (nSPS) is 13.5. The Morgan fingerprint density at radius 1 is 1.46 bits per heavy atom. The second-order valence-electron chi connectivity index (χ2n) is 3.24. The molecule has 4 heteroatoms. The van der Waals surface area contributed by atoms with Crippen LogP contribution in [-0.2, 0) is 9.08 Å². The first-order valence-corrected chi connectivity index (χ1v) is 4.48. The van der Waals surface area contributed by atoms with Crippen molar-refractivity contribution in [1.82, 2.24) is 0 Å². The van der Waals surface area contributed by atoms with Crippen LogP contribution < -0.4 is 0 Å². The van der Waals surface area contributed by atoms with Crippen LogP contribution in [0.3, 0.4) is 0 Å². The summed E-state index contributed by atoms with van der Waals surface area (Å²) >= 11 is 10.3. The molecular weight excluding hydrogens is 211 g/mol. The summed E-state index contributed by atoms with van der Waals surface area (Å²) in [5.74, 6) is -0.574. The highest BCUT2D eigenvalue weighted by atomic mass is 35.5. The Morgan fingerprint density at radius 2 is 2.00 bits per heavy atom. The second kappa shape index (κ2) is 5.30. The maximum atomic E-state index is 10.8. The van der Waals surface area contributed by atoms with Crippen LogP contribution in [0.15, 0.2) is 23.3 Å². The molecule has 13 heavy (non-hydrogen) atoms. The molecule has 0 aromatic carbocycles. The molecule has 0 aliphatic carbocycles. The van der Waals surface area contributed by atoms with E-state index in [0.29, 0.717) is 0 Å². The van der Waals surface area contributed by atoms with Gasteiger partial charge in [0, 0.05) is 17.0 Å². The molecule has 0 aliphatic rings. The van der Waals surface area contributed by atoms with Gasteiger partial charge in [0.25, 0.3) is 0 Å². The molecule has 0 atom stereocenters. The van der Waals surface area contributed by atoms with Crippen LogP contribution in [-0.4, -0.2) is 5.97 Å². The van der Waals surface area contributed by atoms with Gasteiger partial charge < -0.3 is 4.29 Å². The van der Waals surface area contributed by atoms with E-state index in [-0.39, 0.29) is 5.41 Å². The Hall–Kier alpha value is -0.470. The van der Waals surface area contributed by atoms with Crippen molar-refractivity contribution < 1.29 is 9.08 Å². The van der Waals surface area contributed by atoms with Gasteiger partial charge in [0.15, 0.2) is 0 Å². The van der Waals surface area contributed by atoms with Crippen molar-refractivity contribution in [3.8, 4) is 0 Å². The summed E-state index contributed by atoms with van der Waals surface area (Å²) in [5, 5.41) is 0. The van der Waals surface area contributed by atoms with Gasteiger partial charge >= 0.3 is 5.97 Å². The number of hydrogen-bond donors (Lipinski definition) is 0. The lowest BCUT2D eigenvalue weighted by Gasteiger charge is -2.20. The minimum absolute atomic E-state index is 0.271. The average molecular weight is 223 g/mol. The molecule has 0 N–H and O–H groups in total. The number of halogens is 2. The zero-order chi connectivity index (χ0) is 10.5. The molecule has 0 aromatic rings. The zero-order valence-corrected chi connectivity index (χ0v) is 9.32. The van der Waals surface area contributed by atoms with E-state index in [1.54, 1.807) is 6.08 Å². The molecule has 0 bridgehead atoms. The summed E-state index contributed by atoms with van der Waals surface area (Å²) in [7, 11) is 0. The van der Waals surface area contributed by atoms with Gasteiger partial charge in [-0.15, -0.1) is 0 Å². The van der Waals surface area contributed by atoms with Crippen LogP contribution in [0.1, 0.15) is 20.8 Å². The highest BCUT2D eigenvalue weighted by molar-refractivity contribution is 6.25. The quantitative estimate of drug-likeness (QED) is 0.685. The van der Waals surface area contributed by atoms with E-state index in [4.69, 9.17) is 23.5 Å². The van der Waals surface area contributed by atoms with Gasteiger partial charge in [0.2, 0.25) is 0 Å². The van der Waals surface area contributed by atoms with Gasteiger partial charge in [-0.25, -0.2) is 4.79 Å². The van der Waals surface area contributed by atoms with Gasteiger partial charge in [-0.1, -0.05) is 37.1 Å². The molecule has 0 saturated heterocycles. The standard InChI is InChI=1S/C9H12Cl2O2/c1-7(6-8(12)13-11)9(2,3)4-5-10/h4-6H,1-3H3. The summed E-state index contributed by atoms with van der Waals surface area (Å²) in [6.45, 7) is 5.67. The third kappa shape index (κ3) is 4.34. The molecule has 0 radical (unpaired) electrons. The highest BCUT2D eigenvalue weighted by Crippen LogP contribution is 2.27. The number of carbonyl (C=O) groups excluding carboxylic acids is 1. The maximum absolute atomic E-state index is 10.8. The van der Waals surface area contributed by atoms with Crippen molar-refractivity contribution in [2.75, 3.05) is 0 Å². The van der Waals surface area contributed by atoms with E-state index in [2.05, 4.69) is 4.29 Å². The van der Waals surface area contributed by atoms with Crippen molar-refractivity contribution >= 4 is 29.4 Å². The van der Waals surface area contributed by atoms with E-state index < -0.39 is 5.97 Å². The third-order valence-electron chi connectivity index (χ3n) is 1.91. The van der Waals surface area contributed by atoms with Crippen LogP contribution >= 0.6 is 23.5 Å². The molecule has 0 heterocycles. The van der Waals surface area contributed by atoms with E-state index in [1.165, 1.54) is 11.6 Å². The molecule has 0 amide bonds. The maximum Gasteiger partial charge on any atom is 0.349 e. The topological polar surface area (TPSA) is 26.3 Å². The van der Waals surface area contributed by atoms with E-state index in [1.807, 2.05) is 20.8 Å². The first-order valence-electron chi connectivity index (χ1n) is 3.73. The Labute approximate surface area is 88.3 Å². The Morgan fingerprint density at radius 3 is 2.38 bits per heavy atom. The van der Waals surface area contributed by atoms with Crippen molar-refractivity contribution in [3.63, 3.8) is 0 Å². The van der Waals surface area contributed by atoms with Gasteiger partial charge in [-0.3, -0.25) is 0 Å². The van der Waals surface area contributed by atoms with Crippen LogP contribution in [0, 0.1) is 5.41 Å². The summed E-state index contributed by atoms with van der Waals surface area (Å²) in [6.07, 6.45) is 3.12. The fourth-order valence-corrected chi connectivity index (χ4v) is 1.03. The molecule has 0 spiro atoms. The Kier molecular flexibility index (Phi) is 5.11. The molecule has 0 aromatic heterocycles. The molecule has 0 aliphatic heterocycles. The molecule has 0 fully saturated rings. The third-order valence-corrected chi connectivity index (χ3v) is 2.18. The lowest BCUT2D eigenvalue weighted by molar-refractivity contribution is -0.128. The predicted molar refractivity (Wildman–Crippen MR) is 54.5 cm³/mol. The fraction of sp³-hybridized carbons (Fsp3) is 0.444. The highest BCUT2D eigenvalue weighted by Gasteiger charge is 2.17. The minimum atomic E-state index is -0.574. The number of carbonyl (C=O) groups is 1. The SMILES string of the molecule is CC(=CC(=O)OCl)C(C)(C)C=CCl. The smallest absolute Gasteiger partial charge is 0.344 e. The van der Waals surface area contributed by atoms with Crippen LogP contribution in [0.4, 0.5) is 0 Å². The summed E-state index contributed by atoms with van der Waals surface area (Å²) < 4.78 is 3.99. The predicted octanol–water partition coefficient (Wildman–Crippen LogP) is 3.41. The lowest BCUT2D eigenvalue weighted by Crippen LogP contribution is -2.10. The van der Waals surface area contributed by atoms with Gasteiger partial charge in [0.05, 0.1) is 0 Å². The Balaban J connectivity index is 4.66. The summed E-state index contributed by atoms with van der Waals surface area (Å²) in [4.78, 5) is 10.8. The number of rotatable bonds is 3. The lowest BCUT2D eigenvalue weighted by atomic mass is 9.85. The van der Waals surface area contributed by atoms with Crippen LogP contribution in [0.2, 0.25) is 0 Å². The number of allylic oxidation sites excluding steroid dienone is 2. The van der Waals surface area contributed by atoms with Crippen LogP contribution in [0.5, 0.6) is 0 Å². The molecule has 74 valence electrons. The monoisotopic (exact) mass is 222 g/mol. The van der Waals surface area contributed by atoms with E-state index in [9.17, 15) is 4.79 Å². The first-order chi connectivity index (χ1) is 5.94. The molecule has 0 saturated carbocycles. The molecule has 2 nitrogen and oxygen atoms in total. The molecule has 0 rings (SSSR count). The van der Waals surface area contributed by atoms with E-state index >= 15 is 0 Å². The zero-order valence-electron chi connectivity index (χ0n) is 7.80. The van der Waals surface area contributed by atoms with Crippen molar-refractivity contribution in [2.45, 2.75) is 20.8 Å². The van der Waals surface area contributed by atoms with Crippen molar-refractivity contribution in [2.24, 2.45) is 5.41 Å². The largest absolute Gasteiger partial charge is 0.349 e. The second-order valence-corrected chi connectivity index (χ2v) is 3.64.